The number of nitrogen functional groups attached to an aromatic ring is 1. The van der Waals surface area contributed by atoms with Crippen LogP contribution in [0.3, 0.4) is 0 Å². The van der Waals surface area contributed by atoms with Crippen molar-refractivity contribution in [1.82, 2.24) is 14.5 Å². The predicted octanol–water partition coefficient (Wildman–Crippen LogP) is 1.47. The molecule has 2 rings (SSSR count). The summed E-state index contributed by atoms with van der Waals surface area (Å²) in [4.78, 5) is 8.25. The van der Waals surface area contributed by atoms with Crippen molar-refractivity contribution in [2.45, 2.75) is 13.0 Å². The molecular formula is C10H12N4. The lowest BCUT2D eigenvalue weighted by molar-refractivity contribution is 0.629. The zero-order valence-electron chi connectivity index (χ0n) is 7.96. The molecule has 0 aliphatic carbocycles. The Hall–Kier alpha value is -1.84. The third kappa shape index (κ3) is 1.46. The molecule has 0 radical (unpaired) electrons. The van der Waals surface area contributed by atoms with Crippen LogP contribution in [0.25, 0.3) is 0 Å². The minimum atomic E-state index is 0.124. The summed E-state index contributed by atoms with van der Waals surface area (Å²) >= 11 is 0. The first-order valence-electron chi connectivity index (χ1n) is 4.48. The van der Waals surface area contributed by atoms with Gasteiger partial charge in [0.25, 0.3) is 0 Å². The summed E-state index contributed by atoms with van der Waals surface area (Å²) in [5, 5.41) is 0. The highest BCUT2D eigenvalue weighted by atomic mass is 15.2. The second kappa shape index (κ2) is 3.49. The van der Waals surface area contributed by atoms with Gasteiger partial charge < -0.3 is 10.3 Å². The minimum absolute atomic E-state index is 0.124. The van der Waals surface area contributed by atoms with Crippen LogP contribution in [0, 0.1) is 0 Å². The molecule has 1 unspecified atom stereocenters. The van der Waals surface area contributed by atoms with Gasteiger partial charge in [-0.15, -0.1) is 0 Å². The summed E-state index contributed by atoms with van der Waals surface area (Å²) in [5.41, 5.74) is 6.69. The average molecular weight is 188 g/mol. The molecule has 4 heteroatoms. The first kappa shape index (κ1) is 8.74. The van der Waals surface area contributed by atoms with Crippen LogP contribution in [0.1, 0.15) is 18.7 Å². The molecule has 1 atom stereocenters. The SMILES string of the molecule is CC(c1ccccn1)n1ccnc1N. The highest BCUT2D eigenvalue weighted by molar-refractivity contribution is 5.21. The van der Waals surface area contributed by atoms with Gasteiger partial charge >= 0.3 is 0 Å². The van der Waals surface area contributed by atoms with Crippen molar-refractivity contribution >= 4 is 5.95 Å². The zero-order chi connectivity index (χ0) is 9.97. The summed E-state index contributed by atoms with van der Waals surface area (Å²) < 4.78 is 1.89. The fourth-order valence-electron chi connectivity index (χ4n) is 1.42. The van der Waals surface area contributed by atoms with Gasteiger partial charge in [-0.1, -0.05) is 6.07 Å². The van der Waals surface area contributed by atoms with Crippen LogP contribution in [0.15, 0.2) is 36.8 Å². The van der Waals surface area contributed by atoms with Gasteiger partial charge in [-0.25, -0.2) is 4.98 Å². The molecule has 0 bridgehead atoms. The Bertz CT molecular complexity index is 407. The Balaban J connectivity index is 2.34. The van der Waals surface area contributed by atoms with Gasteiger partial charge in [0.05, 0.1) is 11.7 Å². The van der Waals surface area contributed by atoms with Crippen LogP contribution in [0.2, 0.25) is 0 Å². The molecule has 0 amide bonds. The molecular weight excluding hydrogens is 176 g/mol. The Labute approximate surface area is 82.4 Å². The number of hydrogen-bond acceptors (Lipinski definition) is 3. The van der Waals surface area contributed by atoms with Crippen molar-refractivity contribution in [2.75, 3.05) is 5.73 Å². The second-order valence-electron chi connectivity index (χ2n) is 3.12. The van der Waals surface area contributed by atoms with E-state index in [4.69, 9.17) is 5.73 Å². The van der Waals surface area contributed by atoms with E-state index >= 15 is 0 Å². The minimum Gasteiger partial charge on any atom is -0.369 e. The summed E-state index contributed by atoms with van der Waals surface area (Å²) in [6.07, 6.45) is 5.32. The van der Waals surface area contributed by atoms with E-state index in [9.17, 15) is 0 Å². The lowest BCUT2D eigenvalue weighted by Crippen LogP contribution is -2.10. The third-order valence-electron chi connectivity index (χ3n) is 2.23. The van der Waals surface area contributed by atoms with E-state index in [1.54, 1.807) is 12.4 Å². The highest BCUT2D eigenvalue weighted by Gasteiger charge is 2.10. The Morgan fingerprint density at radius 2 is 2.14 bits per heavy atom. The highest BCUT2D eigenvalue weighted by Crippen LogP contribution is 2.17. The van der Waals surface area contributed by atoms with Crippen molar-refractivity contribution < 1.29 is 0 Å². The van der Waals surface area contributed by atoms with Crippen LogP contribution in [0.5, 0.6) is 0 Å². The largest absolute Gasteiger partial charge is 0.369 e. The molecule has 2 aromatic heterocycles. The first-order chi connectivity index (χ1) is 6.79. The molecule has 0 saturated carbocycles. The van der Waals surface area contributed by atoms with E-state index in [2.05, 4.69) is 9.97 Å². The summed E-state index contributed by atoms with van der Waals surface area (Å²) in [6.45, 7) is 2.04. The van der Waals surface area contributed by atoms with E-state index in [1.165, 1.54) is 0 Å². The summed E-state index contributed by atoms with van der Waals surface area (Å²) in [5.74, 6) is 0.517. The van der Waals surface area contributed by atoms with Crippen LogP contribution in [-0.2, 0) is 0 Å². The van der Waals surface area contributed by atoms with Crippen molar-refractivity contribution in [3.8, 4) is 0 Å². The number of hydrogen-bond donors (Lipinski definition) is 1. The fraction of sp³-hybridized carbons (Fsp3) is 0.200. The van der Waals surface area contributed by atoms with Gasteiger partial charge in [0.2, 0.25) is 5.95 Å². The van der Waals surface area contributed by atoms with E-state index in [-0.39, 0.29) is 6.04 Å². The predicted molar refractivity (Wildman–Crippen MR) is 54.7 cm³/mol. The smallest absolute Gasteiger partial charge is 0.200 e. The number of aromatic nitrogens is 3. The number of imidazole rings is 1. The van der Waals surface area contributed by atoms with Gasteiger partial charge in [-0.3, -0.25) is 4.98 Å². The maximum Gasteiger partial charge on any atom is 0.200 e. The number of nitrogens with two attached hydrogens (primary N) is 1. The molecule has 0 spiro atoms. The number of anilines is 1. The molecule has 0 aliphatic heterocycles. The quantitative estimate of drug-likeness (QED) is 0.776. The molecule has 0 aromatic carbocycles. The third-order valence-corrected chi connectivity index (χ3v) is 2.23. The van der Waals surface area contributed by atoms with Crippen LogP contribution < -0.4 is 5.73 Å². The molecule has 2 aromatic rings. The molecule has 0 fully saturated rings. The lowest BCUT2D eigenvalue weighted by Gasteiger charge is -2.13. The molecule has 2 heterocycles. The van der Waals surface area contributed by atoms with Gasteiger partial charge in [0.15, 0.2) is 0 Å². The number of pyridine rings is 1. The van der Waals surface area contributed by atoms with E-state index < -0.39 is 0 Å². The second-order valence-corrected chi connectivity index (χ2v) is 3.12. The fourth-order valence-corrected chi connectivity index (χ4v) is 1.42. The van der Waals surface area contributed by atoms with Gasteiger partial charge in [0, 0.05) is 18.6 Å². The maximum absolute atomic E-state index is 5.70. The Morgan fingerprint density at radius 1 is 1.29 bits per heavy atom. The zero-order valence-corrected chi connectivity index (χ0v) is 7.96. The average Bonchev–Trinajstić information content (AvgIpc) is 2.65. The lowest BCUT2D eigenvalue weighted by atomic mass is 10.2. The molecule has 14 heavy (non-hydrogen) atoms. The molecule has 72 valence electrons. The molecule has 2 N–H and O–H groups in total. The van der Waals surface area contributed by atoms with E-state index in [0.29, 0.717) is 5.95 Å². The van der Waals surface area contributed by atoms with Gasteiger partial charge in [-0.05, 0) is 19.1 Å². The van der Waals surface area contributed by atoms with Crippen molar-refractivity contribution in [3.63, 3.8) is 0 Å². The number of nitrogens with zero attached hydrogens (tertiary/aromatic N) is 3. The Morgan fingerprint density at radius 3 is 2.71 bits per heavy atom. The maximum atomic E-state index is 5.70. The monoisotopic (exact) mass is 188 g/mol. The summed E-state index contributed by atoms with van der Waals surface area (Å²) in [6, 6.07) is 5.96. The van der Waals surface area contributed by atoms with Gasteiger partial charge in [-0.2, -0.15) is 0 Å². The van der Waals surface area contributed by atoms with Crippen molar-refractivity contribution in [1.29, 1.82) is 0 Å². The van der Waals surface area contributed by atoms with E-state index in [1.807, 2.05) is 35.9 Å². The van der Waals surface area contributed by atoms with Crippen LogP contribution >= 0.6 is 0 Å². The topological polar surface area (TPSA) is 56.7 Å². The van der Waals surface area contributed by atoms with Crippen molar-refractivity contribution in [2.24, 2.45) is 0 Å². The summed E-state index contributed by atoms with van der Waals surface area (Å²) in [7, 11) is 0. The number of rotatable bonds is 2. The van der Waals surface area contributed by atoms with Crippen molar-refractivity contribution in [3.05, 3.63) is 42.5 Å². The van der Waals surface area contributed by atoms with E-state index in [0.717, 1.165) is 5.69 Å². The Kier molecular flexibility index (Phi) is 2.18. The molecule has 0 aliphatic rings. The normalized spacial score (nSPS) is 12.6. The molecule has 0 saturated heterocycles. The van der Waals surface area contributed by atoms with Crippen LogP contribution in [0.4, 0.5) is 5.95 Å². The van der Waals surface area contributed by atoms with Crippen LogP contribution in [-0.4, -0.2) is 14.5 Å². The standard InChI is InChI=1S/C10H12N4/c1-8(9-4-2-3-5-12-9)14-7-6-13-10(14)11/h2-8H,1H3,(H2,11,13). The first-order valence-corrected chi connectivity index (χ1v) is 4.48. The molecule has 4 nitrogen and oxygen atoms in total. The van der Waals surface area contributed by atoms with Gasteiger partial charge in [0.1, 0.15) is 0 Å².